The summed E-state index contributed by atoms with van der Waals surface area (Å²) in [5.74, 6) is -1.21. The Kier molecular flexibility index (Phi) is 5.08. The first-order valence-corrected chi connectivity index (χ1v) is 9.43. The van der Waals surface area contributed by atoms with E-state index in [9.17, 15) is 13.6 Å². The van der Waals surface area contributed by atoms with Gasteiger partial charge in [-0.15, -0.1) is 0 Å². The number of likely N-dealkylation sites (tertiary alicyclic amines) is 1. The van der Waals surface area contributed by atoms with Crippen LogP contribution in [-0.4, -0.2) is 27.6 Å². The second-order valence-electron chi connectivity index (χ2n) is 6.37. The number of rotatable bonds is 3. The fourth-order valence-electron chi connectivity index (χ4n) is 3.15. The molecule has 3 aromatic rings. The van der Waals surface area contributed by atoms with E-state index in [1.54, 1.807) is 17.0 Å². The van der Waals surface area contributed by atoms with Crippen molar-refractivity contribution in [2.45, 2.75) is 18.9 Å². The van der Waals surface area contributed by atoms with Crippen LogP contribution >= 0.6 is 15.9 Å². The van der Waals surface area contributed by atoms with Crippen molar-refractivity contribution in [3.8, 4) is 11.4 Å². The predicted octanol–water partition coefficient (Wildman–Crippen LogP) is 5.15. The van der Waals surface area contributed by atoms with Crippen molar-refractivity contribution >= 4 is 27.6 Å². The molecule has 1 unspecified atom stereocenters. The third kappa shape index (κ3) is 3.75. The van der Waals surface area contributed by atoms with E-state index < -0.39 is 17.7 Å². The Morgan fingerprint density at radius 1 is 1.21 bits per heavy atom. The molecule has 1 aromatic heterocycles. The van der Waals surface area contributed by atoms with Crippen LogP contribution < -0.4 is 5.32 Å². The van der Waals surface area contributed by atoms with Gasteiger partial charge < -0.3 is 14.7 Å². The summed E-state index contributed by atoms with van der Waals surface area (Å²) in [6, 6.07) is 9.70. The van der Waals surface area contributed by atoms with Crippen molar-refractivity contribution in [3.05, 3.63) is 64.5 Å². The maximum atomic E-state index is 14.0. The number of carbonyl (C=O) groups is 1. The molecule has 1 N–H and O–H groups in total. The minimum absolute atomic E-state index is 0.0210. The fourth-order valence-corrected chi connectivity index (χ4v) is 3.41. The number of benzene rings is 2. The average molecular weight is 449 g/mol. The molecule has 2 amide bonds. The molecule has 1 fully saturated rings. The molecule has 9 heteroatoms. The summed E-state index contributed by atoms with van der Waals surface area (Å²) in [5.41, 5.74) is 0.707. The lowest BCUT2D eigenvalue weighted by Gasteiger charge is -2.22. The Morgan fingerprint density at radius 3 is 2.75 bits per heavy atom. The van der Waals surface area contributed by atoms with Crippen LogP contribution in [0.2, 0.25) is 0 Å². The maximum absolute atomic E-state index is 14.0. The zero-order chi connectivity index (χ0) is 19.7. The van der Waals surface area contributed by atoms with Crippen LogP contribution in [-0.2, 0) is 0 Å². The minimum atomic E-state index is -0.774. The largest absolute Gasteiger partial charge is 0.337 e. The van der Waals surface area contributed by atoms with E-state index in [2.05, 4.69) is 31.4 Å². The van der Waals surface area contributed by atoms with Crippen molar-refractivity contribution in [2.24, 2.45) is 0 Å². The van der Waals surface area contributed by atoms with E-state index >= 15 is 0 Å². The van der Waals surface area contributed by atoms with Gasteiger partial charge in [0.25, 0.3) is 0 Å². The molecule has 144 valence electrons. The molecule has 0 bridgehead atoms. The van der Waals surface area contributed by atoms with Crippen LogP contribution in [0.1, 0.15) is 24.8 Å². The topological polar surface area (TPSA) is 71.3 Å². The Morgan fingerprint density at radius 2 is 2.00 bits per heavy atom. The van der Waals surface area contributed by atoms with Crippen LogP contribution in [0.4, 0.5) is 19.3 Å². The first-order valence-electron chi connectivity index (χ1n) is 8.63. The van der Waals surface area contributed by atoms with Crippen LogP contribution in [0, 0.1) is 11.6 Å². The van der Waals surface area contributed by atoms with E-state index in [0.29, 0.717) is 18.7 Å². The van der Waals surface area contributed by atoms with Crippen molar-refractivity contribution in [1.29, 1.82) is 0 Å². The lowest BCUT2D eigenvalue weighted by molar-refractivity contribution is 0.193. The van der Waals surface area contributed by atoms with Gasteiger partial charge in [-0.3, -0.25) is 0 Å². The molecule has 28 heavy (non-hydrogen) atoms. The van der Waals surface area contributed by atoms with Gasteiger partial charge >= 0.3 is 6.03 Å². The summed E-state index contributed by atoms with van der Waals surface area (Å²) in [5, 5.41) is 6.64. The molecule has 0 saturated carbocycles. The van der Waals surface area contributed by atoms with E-state index in [1.165, 1.54) is 6.07 Å². The molecule has 1 aliphatic rings. The molecule has 2 heterocycles. The van der Waals surface area contributed by atoms with Gasteiger partial charge in [0.1, 0.15) is 17.7 Å². The van der Waals surface area contributed by atoms with Gasteiger partial charge in [0.05, 0.1) is 5.56 Å². The van der Waals surface area contributed by atoms with Crippen LogP contribution in [0.25, 0.3) is 11.4 Å². The molecule has 1 saturated heterocycles. The molecule has 0 radical (unpaired) electrons. The highest BCUT2D eigenvalue weighted by atomic mass is 79.9. The zero-order valence-corrected chi connectivity index (χ0v) is 16.1. The number of halogens is 3. The average Bonchev–Trinajstić information content (AvgIpc) is 3.32. The molecule has 1 aliphatic heterocycles. The fraction of sp³-hybridized carbons (Fsp3) is 0.211. The predicted molar refractivity (Wildman–Crippen MR) is 101 cm³/mol. The highest BCUT2D eigenvalue weighted by molar-refractivity contribution is 9.10. The maximum Gasteiger partial charge on any atom is 0.322 e. The van der Waals surface area contributed by atoms with Crippen molar-refractivity contribution in [1.82, 2.24) is 15.0 Å². The van der Waals surface area contributed by atoms with E-state index in [1.807, 2.05) is 12.1 Å². The lowest BCUT2D eigenvalue weighted by atomic mass is 10.2. The molecular weight excluding hydrogens is 434 g/mol. The molecule has 0 spiro atoms. The minimum Gasteiger partial charge on any atom is -0.337 e. The SMILES string of the molecule is O=C(Nc1ccc(Br)cc1)N1CCCC1c1nc(-c2ccc(F)cc2F)no1. The van der Waals surface area contributed by atoms with Gasteiger partial charge in [0, 0.05) is 22.8 Å². The number of nitrogens with one attached hydrogen (secondary N) is 1. The second kappa shape index (κ2) is 7.67. The first-order chi connectivity index (χ1) is 13.5. The van der Waals surface area contributed by atoms with Crippen LogP contribution in [0.5, 0.6) is 0 Å². The number of anilines is 1. The Hall–Kier alpha value is -2.81. The first kappa shape index (κ1) is 18.5. The number of amides is 2. The number of urea groups is 1. The second-order valence-corrected chi connectivity index (χ2v) is 7.28. The standard InChI is InChI=1S/C19H15BrF2N4O2/c20-11-3-6-13(7-4-11)23-19(27)26-9-1-2-16(26)18-24-17(25-28-18)14-8-5-12(21)10-15(14)22/h3-8,10,16H,1-2,9H2,(H,23,27). The highest BCUT2D eigenvalue weighted by Crippen LogP contribution is 2.33. The van der Waals surface area contributed by atoms with E-state index in [-0.39, 0.29) is 23.3 Å². The summed E-state index contributed by atoms with van der Waals surface area (Å²) in [6.45, 7) is 0.537. The molecule has 4 rings (SSSR count). The van der Waals surface area contributed by atoms with Crippen molar-refractivity contribution in [3.63, 3.8) is 0 Å². The van der Waals surface area contributed by atoms with Crippen LogP contribution in [0.15, 0.2) is 51.5 Å². The number of hydrogen-bond donors (Lipinski definition) is 1. The monoisotopic (exact) mass is 448 g/mol. The van der Waals surface area contributed by atoms with Crippen LogP contribution in [0.3, 0.4) is 0 Å². The summed E-state index contributed by atoms with van der Waals surface area (Å²) >= 11 is 3.35. The van der Waals surface area contributed by atoms with Gasteiger partial charge in [-0.1, -0.05) is 21.1 Å². The highest BCUT2D eigenvalue weighted by Gasteiger charge is 2.34. The number of aromatic nitrogens is 2. The molecular formula is C19H15BrF2N4O2. The third-order valence-corrected chi connectivity index (χ3v) is 5.04. The van der Waals surface area contributed by atoms with Crippen molar-refractivity contribution < 1.29 is 18.1 Å². The normalized spacial score (nSPS) is 16.4. The summed E-state index contributed by atoms with van der Waals surface area (Å²) in [7, 11) is 0. The number of nitrogens with zero attached hydrogens (tertiary/aromatic N) is 3. The van der Waals surface area contributed by atoms with Gasteiger partial charge in [-0.2, -0.15) is 4.98 Å². The Labute approximate surface area is 167 Å². The Bertz CT molecular complexity index is 1010. The lowest BCUT2D eigenvalue weighted by Crippen LogP contribution is -2.34. The molecule has 0 aliphatic carbocycles. The summed E-state index contributed by atoms with van der Waals surface area (Å²) in [4.78, 5) is 18.5. The molecule has 1 atom stereocenters. The molecule has 2 aromatic carbocycles. The third-order valence-electron chi connectivity index (χ3n) is 4.51. The zero-order valence-electron chi connectivity index (χ0n) is 14.5. The van der Waals surface area contributed by atoms with Gasteiger partial charge in [0.2, 0.25) is 11.7 Å². The van der Waals surface area contributed by atoms with Gasteiger partial charge in [-0.05, 0) is 49.2 Å². The summed E-state index contributed by atoms with van der Waals surface area (Å²) in [6.07, 6.45) is 1.43. The molecule has 6 nitrogen and oxygen atoms in total. The summed E-state index contributed by atoms with van der Waals surface area (Å²) < 4.78 is 33.3. The number of carbonyl (C=O) groups excluding carboxylic acids is 1. The van der Waals surface area contributed by atoms with Crippen molar-refractivity contribution in [2.75, 3.05) is 11.9 Å². The number of hydrogen-bond acceptors (Lipinski definition) is 4. The van der Waals surface area contributed by atoms with E-state index in [0.717, 1.165) is 23.0 Å². The van der Waals surface area contributed by atoms with Gasteiger partial charge in [0.15, 0.2) is 0 Å². The van der Waals surface area contributed by atoms with E-state index in [4.69, 9.17) is 4.52 Å². The quantitative estimate of drug-likeness (QED) is 0.601. The smallest absolute Gasteiger partial charge is 0.322 e. The van der Waals surface area contributed by atoms with Gasteiger partial charge in [-0.25, -0.2) is 13.6 Å². The Balaban J connectivity index is 1.53.